The first-order valence-corrected chi connectivity index (χ1v) is 9.44. The predicted molar refractivity (Wildman–Crippen MR) is 98.8 cm³/mol. The molecule has 2 aliphatic heterocycles. The number of carbonyl (C=O) groups excluding carboxylic acids is 1. The molecule has 138 valence electrons. The Morgan fingerprint density at radius 3 is 2.92 bits per heavy atom. The van der Waals surface area contributed by atoms with E-state index in [1.54, 1.807) is 6.07 Å². The Morgan fingerprint density at radius 1 is 1.35 bits per heavy atom. The van der Waals surface area contributed by atoms with E-state index < -0.39 is 5.82 Å². The average Bonchev–Trinajstić information content (AvgIpc) is 3.23. The number of carbonyl (C=O) groups is 1. The minimum Gasteiger partial charge on any atom is -0.366 e. The third kappa shape index (κ3) is 3.18. The average molecular weight is 377 g/mol. The van der Waals surface area contributed by atoms with Crippen LogP contribution >= 0.6 is 11.6 Å². The molecule has 0 bridgehead atoms. The molecule has 4 rings (SSSR count). The first-order chi connectivity index (χ1) is 12.5. The van der Waals surface area contributed by atoms with Crippen molar-refractivity contribution in [3.05, 3.63) is 46.5 Å². The molecule has 1 atom stereocenters. The largest absolute Gasteiger partial charge is 0.366 e. The van der Waals surface area contributed by atoms with E-state index in [9.17, 15) is 9.18 Å². The van der Waals surface area contributed by atoms with Gasteiger partial charge >= 0.3 is 0 Å². The first-order valence-electron chi connectivity index (χ1n) is 9.06. The molecule has 1 fully saturated rings. The van der Waals surface area contributed by atoms with Gasteiger partial charge in [-0.1, -0.05) is 17.7 Å². The number of fused-ring (bicyclic) bond motifs is 1. The fourth-order valence-corrected chi connectivity index (χ4v) is 4.11. The van der Waals surface area contributed by atoms with Crippen LogP contribution in [-0.4, -0.2) is 39.7 Å². The lowest BCUT2D eigenvalue weighted by Crippen LogP contribution is -2.40. The molecule has 1 amide bonds. The molecule has 2 aromatic rings. The van der Waals surface area contributed by atoms with E-state index in [4.69, 9.17) is 11.6 Å². The van der Waals surface area contributed by atoms with Crippen molar-refractivity contribution in [1.82, 2.24) is 14.7 Å². The van der Waals surface area contributed by atoms with Gasteiger partial charge in [-0.25, -0.2) is 4.39 Å². The van der Waals surface area contributed by atoms with Gasteiger partial charge in [0, 0.05) is 19.1 Å². The van der Waals surface area contributed by atoms with E-state index in [0.29, 0.717) is 25.7 Å². The molecular formula is C19H22ClFN4O. The Morgan fingerprint density at radius 2 is 2.19 bits per heavy atom. The summed E-state index contributed by atoms with van der Waals surface area (Å²) in [5, 5.41) is 4.57. The molecule has 0 saturated carbocycles. The SMILES string of the molecule is CC1CCCN1c1cnn2c1CN(C(=O)Cc1ccc(F)c(Cl)c1)CC2. The van der Waals surface area contributed by atoms with Crippen LogP contribution in [-0.2, 0) is 24.3 Å². The zero-order valence-electron chi connectivity index (χ0n) is 14.8. The van der Waals surface area contributed by atoms with Crippen LogP contribution in [0.2, 0.25) is 5.02 Å². The molecule has 0 radical (unpaired) electrons. The van der Waals surface area contributed by atoms with E-state index >= 15 is 0 Å². The van der Waals surface area contributed by atoms with Crippen LogP contribution < -0.4 is 4.90 Å². The summed E-state index contributed by atoms with van der Waals surface area (Å²) in [7, 11) is 0. The third-order valence-electron chi connectivity index (χ3n) is 5.40. The Bertz CT molecular complexity index is 837. The van der Waals surface area contributed by atoms with E-state index in [0.717, 1.165) is 23.5 Å². The lowest BCUT2D eigenvalue weighted by atomic mass is 10.1. The lowest BCUT2D eigenvalue weighted by molar-refractivity contribution is -0.131. The van der Waals surface area contributed by atoms with Gasteiger partial charge in [0.25, 0.3) is 0 Å². The highest BCUT2D eigenvalue weighted by molar-refractivity contribution is 6.30. The molecule has 0 N–H and O–H groups in total. The van der Waals surface area contributed by atoms with Crippen LogP contribution in [0.3, 0.4) is 0 Å². The second kappa shape index (κ2) is 6.91. The fraction of sp³-hybridized carbons (Fsp3) is 0.474. The molecule has 0 spiro atoms. The molecule has 1 saturated heterocycles. The Balaban J connectivity index is 1.49. The molecule has 1 unspecified atom stereocenters. The van der Waals surface area contributed by atoms with Crippen LogP contribution in [0.15, 0.2) is 24.4 Å². The number of amides is 1. The van der Waals surface area contributed by atoms with Crippen molar-refractivity contribution in [3.63, 3.8) is 0 Å². The number of anilines is 1. The van der Waals surface area contributed by atoms with Gasteiger partial charge in [-0.05, 0) is 37.5 Å². The van der Waals surface area contributed by atoms with Crippen LogP contribution in [0.25, 0.3) is 0 Å². The molecule has 26 heavy (non-hydrogen) atoms. The zero-order valence-corrected chi connectivity index (χ0v) is 15.5. The van der Waals surface area contributed by atoms with E-state index in [1.807, 2.05) is 15.8 Å². The van der Waals surface area contributed by atoms with Crippen LogP contribution in [0.5, 0.6) is 0 Å². The summed E-state index contributed by atoms with van der Waals surface area (Å²) in [6.07, 6.45) is 4.55. The molecule has 5 nitrogen and oxygen atoms in total. The number of benzene rings is 1. The smallest absolute Gasteiger partial charge is 0.227 e. The Labute approximate surface area is 157 Å². The van der Waals surface area contributed by atoms with Gasteiger partial charge in [0.05, 0.1) is 42.1 Å². The summed E-state index contributed by atoms with van der Waals surface area (Å²) in [6, 6.07) is 4.96. The molecule has 3 heterocycles. The highest BCUT2D eigenvalue weighted by Crippen LogP contribution is 2.31. The summed E-state index contributed by atoms with van der Waals surface area (Å²) in [6.45, 7) is 5.18. The summed E-state index contributed by atoms with van der Waals surface area (Å²) < 4.78 is 15.3. The van der Waals surface area contributed by atoms with Crippen molar-refractivity contribution in [3.8, 4) is 0 Å². The Kier molecular flexibility index (Phi) is 4.61. The maximum Gasteiger partial charge on any atom is 0.227 e. The molecule has 2 aliphatic rings. The third-order valence-corrected chi connectivity index (χ3v) is 5.69. The second-order valence-electron chi connectivity index (χ2n) is 7.12. The van der Waals surface area contributed by atoms with E-state index in [1.165, 1.54) is 25.0 Å². The second-order valence-corrected chi connectivity index (χ2v) is 7.53. The van der Waals surface area contributed by atoms with Gasteiger partial charge in [0.15, 0.2) is 0 Å². The number of halogens is 2. The number of aromatic nitrogens is 2. The number of rotatable bonds is 3. The van der Waals surface area contributed by atoms with Crippen LogP contribution in [0, 0.1) is 5.82 Å². The quantitative estimate of drug-likeness (QED) is 0.825. The van der Waals surface area contributed by atoms with Gasteiger partial charge in [-0.15, -0.1) is 0 Å². The van der Waals surface area contributed by atoms with Crippen LogP contribution in [0.1, 0.15) is 31.0 Å². The minimum atomic E-state index is -0.464. The fourth-order valence-electron chi connectivity index (χ4n) is 3.91. The normalized spacial score (nSPS) is 19.7. The predicted octanol–water partition coefficient (Wildman–Crippen LogP) is 3.25. The van der Waals surface area contributed by atoms with Crippen molar-refractivity contribution < 1.29 is 9.18 Å². The van der Waals surface area contributed by atoms with E-state index in [-0.39, 0.29) is 17.4 Å². The molecule has 1 aromatic carbocycles. The summed E-state index contributed by atoms with van der Waals surface area (Å²) in [5.74, 6) is -0.436. The van der Waals surface area contributed by atoms with Crippen molar-refractivity contribution in [2.75, 3.05) is 18.0 Å². The van der Waals surface area contributed by atoms with Crippen molar-refractivity contribution in [2.24, 2.45) is 0 Å². The van der Waals surface area contributed by atoms with Gasteiger partial charge < -0.3 is 9.80 Å². The Hall–Kier alpha value is -2.08. The maximum atomic E-state index is 13.3. The maximum absolute atomic E-state index is 13.3. The highest BCUT2D eigenvalue weighted by atomic mass is 35.5. The molecule has 1 aromatic heterocycles. The molecule has 7 heteroatoms. The number of hydrogen-bond donors (Lipinski definition) is 0. The summed E-state index contributed by atoms with van der Waals surface area (Å²) in [5.41, 5.74) is 2.99. The van der Waals surface area contributed by atoms with Crippen molar-refractivity contribution >= 4 is 23.2 Å². The van der Waals surface area contributed by atoms with Gasteiger partial charge in [-0.3, -0.25) is 9.48 Å². The zero-order chi connectivity index (χ0) is 18.3. The first kappa shape index (κ1) is 17.3. The minimum absolute atomic E-state index is 0.0283. The molecule has 0 aliphatic carbocycles. The topological polar surface area (TPSA) is 41.4 Å². The van der Waals surface area contributed by atoms with Crippen molar-refractivity contribution in [1.29, 1.82) is 0 Å². The number of nitrogens with zero attached hydrogens (tertiary/aromatic N) is 4. The molecular weight excluding hydrogens is 355 g/mol. The monoisotopic (exact) mass is 376 g/mol. The highest BCUT2D eigenvalue weighted by Gasteiger charge is 2.29. The number of hydrogen-bond acceptors (Lipinski definition) is 3. The van der Waals surface area contributed by atoms with Gasteiger partial charge in [-0.2, -0.15) is 5.10 Å². The van der Waals surface area contributed by atoms with Crippen molar-refractivity contribution in [2.45, 2.75) is 45.3 Å². The van der Waals surface area contributed by atoms with E-state index in [2.05, 4.69) is 16.9 Å². The standard InChI is InChI=1S/C19H22ClFN4O/c1-13-3-2-6-24(13)17-11-22-25-8-7-23(12-18(17)25)19(26)10-14-4-5-16(21)15(20)9-14/h4-5,9,11,13H,2-3,6-8,10,12H2,1H3. The summed E-state index contributed by atoms with van der Waals surface area (Å²) >= 11 is 5.83. The summed E-state index contributed by atoms with van der Waals surface area (Å²) in [4.78, 5) is 17.0. The van der Waals surface area contributed by atoms with Gasteiger partial charge in [0.2, 0.25) is 5.91 Å². The van der Waals surface area contributed by atoms with Gasteiger partial charge in [0.1, 0.15) is 5.82 Å². The van der Waals surface area contributed by atoms with Crippen LogP contribution in [0.4, 0.5) is 10.1 Å². The lowest BCUT2D eigenvalue weighted by Gasteiger charge is -2.31.